The van der Waals surface area contributed by atoms with Crippen molar-refractivity contribution in [1.29, 1.82) is 0 Å². The standard InChI is InChI=1S/C9H18BN/c1-5-6-9(10-3)7-8(2)11-4/h5-8,10-11H,1-4H3/b6-5-,9-7+. The molecular weight excluding hydrogens is 133 g/mol. The van der Waals surface area contributed by atoms with Gasteiger partial charge in [0.15, 0.2) is 7.28 Å². The summed E-state index contributed by atoms with van der Waals surface area (Å²) in [4.78, 5) is 0. The van der Waals surface area contributed by atoms with Gasteiger partial charge in [-0.2, -0.15) is 0 Å². The number of hydrogen-bond acceptors (Lipinski definition) is 1. The molecule has 0 aromatic rings. The van der Waals surface area contributed by atoms with Gasteiger partial charge in [0.2, 0.25) is 0 Å². The van der Waals surface area contributed by atoms with Crippen molar-refractivity contribution in [1.82, 2.24) is 5.32 Å². The zero-order valence-corrected chi connectivity index (χ0v) is 8.02. The molecule has 62 valence electrons. The number of hydrogen-bond donors (Lipinski definition) is 1. The maximum Gasteiger partial charge on any atom is 0.154 e. The second-order valence-electron chi connectivity index (χ2n) is 2.67. The van der Waals surface area contributed by atoms with Crippen molar-refractivity contribution >= 4 is 7.28 Å². The van der Waals surface area contributed by atoms with Gasteiger partial charge in [-0.1, -0.05) is 30.5 Å². The van der Waals surface area contributed by atoms with E-state index in [4.69, 9.17) is 0 Å². The van der Waals surface area contributed by atoms with Crippen LogP contribution in [0.5, 0.6) is 0 Å². The van der Waals surface area contributed by atoms with Crippen molar-refractivity contribution < 1.29 is 0 Å². The summed E-state index contributed by atoms with van der Waals surface area (Å²) in [5, 5.41) is 3.18. The van der Waals surface area contributed by atoms with E-state index in [1.165, 1.54) is 5.47 Å². The van der Waals surface area contributed by atoms with Crippen molar-refractivity contribution in [2.45, 2.75) is 26.7 Å². The Hall–Kier alpha value is -0.495. The summed E-state index contributed by atoms with van der Waals surface area (Å²) >= 11 is 0. The summed E-state index contributed by atoms with van der Waals surface area (Å²) in [5.41, 5.74) is 1.40. The molecule has 1 nitrogen and oxygen atoms in total. The second-order valence-corrected chi connectivity index (χ2v) is 2.67. The first-order valence-electron chi connectivity index (χ1n) is 4.25. The summed E-state index contributed by atoms with van der Waals surface area (Å²) in [7, 11) is 3.08. The second kappa shape index (κ2) is 6.23. The Morgan fingerprint density at radius 2 is 2.18 bits per heavy atom. The highest BCUT2D eigenvalue weighted by Crippen LogP contribution is 1.97. The number of rotatable bonds is 4. The van der Waals surface area contributed by atoms with Gasteiger partial charge in [0.1, 0.15) is 0 Å². The third kappa shape index (κ3) is 4.85. The molecule has 0 aliphatic heterocycles. The molecule has 0 radical (unpaired) electrons. The van der Waals surface area contributed by atoms with Gasteiger partial charge in [-0.05, 0) is 20.9 Å². The molecule has 0 saturated carbocycles. The predicted molar refractivity (Wildman–Crippen MR) is 54.4 cm³/mol. The van der Waals surface area contributed by atoms with Crippen LogP contribution >= 0.6 is 0 Å². The summed E-state index contributed by atoms with van der Waals surface area (Å²) < 4.78 is 0. The SMILES string of the molecule is CBC(/C=C\C)=C/C(C)NC. The lowest BCUT2D eigenvalue weighted by atomic mass is 9.71. The van der Waals surface area contributed by atoms with Gasteiger partial charge < -0.3 is 5.32 Å². The molecule has 0 aliphatic rings. The van der Waals surface area contributed by atoms with Crippen molar-refractivity contribution in [2.75, 3.05) is 7.05 Å². The van der Waals surface area contributed by atoms with Crippen molar-refractivity contribution in [3.8, 4) is 0 Å². The first-order valence-corrected chi connectivity index (χ1v) is 4.25. The Labute approximate surface area is 70.8 Å². The van der Waals surface area contributed by atoms with Gasteiger partial charge in [-0.25, -0.2) is 0 Å². The fraction of sp³-hybridized carbons (Fsp3) is 0.556. The monoisotopic (exact) mass is 151 g/mol. The maximum atomic E-state index is 3.18. The van der Waals surface area contributed by atoms with Gasteiger partial charge in [-0.3, -0.25) is 0 Å². The number of allylic oxidation sites excluding steroid dienone is 3. The highest BCUT2D eigenvalue weighted by Gasteiger charge is 1.93. The normalized spacial score (nSPS) is 15.5. The van der Waals surface area contributed by atoms with E-state index in [0.717, 1.165) is 7.28 Å². The summed E-state index contributed by atoms with van der Waals surface area (Å²) in [6, 6.07) is 0.473. The molecule has 0 bridgehead atoms. The van der Waals surface area contributed by atoms with Crippen LogP contribution in [0.15, 0.2) is 23.7 Å². The molecule has 0 aromatic heterocycles. The topological polar surface area (TPSA) is 12.0 Å². The summed E-state index contributed by atoms with van der Waals surface area (Å²) in [5.74, 6) is 0. The zero-order valence-electron chi connectivity index (χ0n) is 8.02. The molecule has 1 atom stereocenters. The van der Waals surface area contributed by atoms with E-state index in [0.29, 0.717) is 6.04 Å². The summed E-state index contributed by atoms with van der Waals surface area (Å²) in [6.07, 6.45) is 6.49. The van der Waals surface area contributed by atoms with Crippen LogP contribution in [-0.2, 0) is 0 Å². The third-order valence-corrected chi connectivity index (χ3v) is 1.71. The van der Waals surface area contributed by atoms with Crippen LogP contribution in [0.4, 0.5) is 0 Å². The van der Waals surface area contributed by atoms with Crippen molar-refractivity contribution in [2.24, 2.45) is 0 Å². The van der Waals surface area contributed by atoms with E-state index in [1.54, 1.807) is 0 Å². The Morgan fingerprint density at radius 1 is 1.55 bits per heavy atom. The Kier molecular flexibility index (Phi) is 5.95. The third-order valence-electron chi connectivity index (χ3n) is 1.71. The lowest BCUT2D eigenvalue weighted by Gasteiger charge is -2.05. The molecule has 2 heteroatoms. The molecule has 0 heterocycles. The Bertz CT molecular complexity index is 150. The molecule has 1 N–H and O–H groups in total. The van der Waals surface area contributed by atoms with Crippen LogP contribution in [0.25, 0.3) is 0 Å². The van der Waals surface area contributed by atoms with E-state index in [2.05, 4.69) is 37.3 Å². The number of likely N-dealkylation sites (N-methyl/N-ethyl adjacent to an activating group) is 1. The van der Waals surface area contributed by atoms with Gasteiger partial charge in [0, 0.05) is 6.04 Å². The molecule has 0 rings (SSSR count). The van der Waals surface area contributed by atoms with Gasteiger partial charge >= 0.3 is 0 Å². The molecule has 0 aromatic carbocycles. The molecule has 11 heavy (non-hydrogen) atoms. The van der Waals surface area contributed by atoms with Crippen LogP contribution < -0.4 is 5.32 Å². The van der Waals surface area contributed by atoms with Crippen LogP contribution in [0, 0.1) is 0 Å². The fourth-order valence-corrected chi connectivity index (χ4v) is 0.910. The van der Waals surface area contributed by atoms with Gasteiger partial charge in [-0.15, -0.1) is 0 Å². The van der Waals surface area contributed by atoms with Crippen molar-refractivity contribution in [3.05, 3.63) is 23.7 Å². The predicted octanol–water partition coefficient (Wildman–Crippen LogP) is 1.54. The smallest absolute Gasteiger partial charge is 0.154 e. The molecule has 0 aliphatic carbocycles. The average molecular weight is 151 g/mol. The van der Waals surface area contributed by atoms with Crippen LogP contribution in [0.1, 0.15) is 13.8 Å². The van der Waals surface area contributed by atoms with E-state index >= 15 is 0 Å². The maximum absolute atomic E-state index is 3.18. The quantitative estimate of drug-likeness (QED) is 0.474. The Balaban J connectivity index is 4.10. The fourth-order valence-electron chi connectivity index (χ4n) is 0.910. The summed E-state index contributed by atoms with van der Waals surface area (Å²) in [6.45, 7) is 6.38. The molecule has 0 amide bonds. The first-order chi connectivity index (χ1) is 5.24. The van der Waals surface area contributed by atoms with Gasteiger partial charge in [0.05, 0.1) is 0 Å². The lowest BCUT2D eigenvalue weighted by molar-refractivity contribution is 0.728. The minimum atomic E-state index is 0.473. The first kappa shape index (κ1) is 10.5. The van der Waals surface area contributed by atoms with Crippen molar-refractivity contribution in [3.63, 3.8) is 0 Å². The van der Waals surface area contributed by atoms with E-state index in [9.17, 15) is 0 Å². The minimum Gasteiger partial charge on any atom is -0.314 e. The van der Waals surface area contributed by atoms with Crippen LogP contribution in [0.2, 0.25) is 6.82 Å². The van der Waals surface area contributed by atoms with Gasteiger partial charge in [0.25, 0.3) is 0 Å². The molecule has 1 unspecified atom stereocenters. The molecule has 0 saturated heterocycles. The lowest BCUT2D eigenvalue weighted by Crippen LogP contribution is -2.19. The minimum absolute atomic E-state index is 0.473. The van der Waals surface area contributed by atoms with Crippen LogP contribution in [-0.4, -0.2) is 20.4 Å². The highest BCUT2D eigenvalue weighted by molar-refractivity contribution is 6.44. The Morgan fingerprint density at radius 3 is 2.55 bits per heavy atom. The molecular formula is C9H18BN. The van der Waals surface area contributed by atoms with E-state index in [1.807, 2.05) is 14.0 Å². The zero-order chi connectivity index (χ0) is 8.69. The molecule has 0 fully saturated rings. The van der Waals surface area contributed by atoms with E-state index in [-0.39, 0.29) is 0 Å². The van der Waals surface area contributed by atoms with E-state index < -0.39 is 0 Å². The molecule has 0 spiro atoms. The average Bonchev–Trinajstić information content (AvgIpc) is 2.03. The number of nitrogens with one attached hydrogen (secondary N) is 1. The van der Waals surface area contributed by atoms with Crippen LogP contribution in [0.3, 0.4) is 0 Å². The highest BCUT2D eigenvalue weighted by atomic mass is 14.8. The largest absolute Gasteiger partial charge is 0.314 e.